The predicted octanol–water partition coefficient (Wildman–Crippen LogP) is 1.61. The molecule has 1 heterocycles. The summed E-state index contributed by atoms with van der Waals surface area (Å²) in [6.07, 6.45) is 1.71. The first-order chi connectivity index (χ1) is 8.95. The molecule has 0 aromatic heterocycles. The van der Waals surface area contributed by atoms with Gasteiger partial charge in [0.15, 0.2) is 0 Å². The summed E-state index contributed by atoms with van der Waals surface area (Å²) in [5, 5.41) is 0. The molecule has 4 nitrogen and oxygen atoms in total. The third-order valence-electron chi connectivity index (χ3n) is 3.69. The summed E-state index contributed by atoms with van der Waals surface area (Å²) in [6.45, 7) is 5.26. The van der Waals surface area contributed by atoms with Gasteiger partial charge < -0.3 is 5.73 Å². The molecule has 0 bridgehead atoms. The molecule has 1 fully saturated rings. The zero-order valence-corrected chi connectivity index (χ0v) is 12.4. The van der Waals surface area contributed by atoms with E-state index in [1.807, 2.05) is 19.1 Å². The van der Waals surface area contributed by atoms with Crippen molar-refractivity contribution < 1.29 is 8.42 Å². The summed E-state index contributed by atoms with van der Waals surface area (Å²) in [4.78, 5) is 0.384. The first-order valence-corrected chi connectivity index (χ1v) is 8.20. The Kier molecular flexibility index (Phi) is 4.28. The number of hydrogen-bond acceptors (Lipinski definition) is 3. The number of benzene rings is 1. The number of hydrogen-bond donors (Lipinski definition) is 1. The smallest absolute Gasteiger partial charge is 0.243 e. The van der Waals surface area contributed by atoms with E-state index in [2.05, 4.69) is 6.92 Å². The van der Waals surface area contributed by atoms with Crippen LogP contribution in [-0.4, -0.2) is 31.9 Å². The lowest BCUT2D eigenvalue weighted by Crippen LogP contribution is -2.33. The van der Waals surface area contributed by atoms with Crippen LogP contribution in [0.1, 0.15) is 25.8 Å². The minimum Gasteiger partial charge on any atom is -0.330 e. The Morgan fingerprint density at radius 3 is 2.37 bits per heavy atom. The zero-order valence-electron chi connectivity index (χ0n) is 11.5. The molecule has 1 saturated heterocycles. The van der Waals surface area contributed by atoms with Gasteiger partial charge in [-0.3, -0.25) is 0 Å². The fourth-order valence-electron chi connectivity index (χ4n) is 2.73. The molecule has 1 aromatic rings. The number of sulfonamides is 1. The summed E-state index contributed by atoms with van der Waals surface area (Å²) in [6, 6.07) is 7.17. The molecule has 0 saturated carbocycles. The van der Waals surface area contributed by atoms with Crippen molar-refractivity contribution in [3.63, 3.8) is 0 Å². The van der Waals surface area contributed by atoms with Gasteiger partial charge in [-0.25, -0.2) is 8.42 Å². The minimum absolute atomic E-state index is 0.0868. The fraction of sp³-hybridized carbons (Fsp3) is 0.571. The normalized spacial score (nSPS) is 24.8. The van der Waals surface area contributed by atoms with Crippen molar-refractivity contribution in [2.75, 3.05) is 13.1 Å². The molecule has 2 N–H and O–H groups in total. The van der Waals surface area contributed by atoms with Crippen LogP contribution in [0.15, 0.2) is 29.2 Å². The fourth-order valence-corrected chi connectivity index (χ4v) is 4.49. The van der Waals surface area contributed by atoms with E-state index < -0.39 is 10.0 Å². The number of nitrogens with zero attached hydrogens (tertiary/aromatic N) is 1. The third-order valence-corrected chi connectivity index (χ3v) is 5.68. The van der Waals surface area contributed by atoms with Crippen LogP contribution in [0.3, 0.4) is 0 Å². The number of rotatable bonds is 4. The molecule has 1 aliphatic rings. The lowest BCUT2D eigenvalue weighted by molar-refractivity contribution is 0.405. The van der Waals surface area contributed by atoms with Crippen LogP contribution in [0.4, 0.5) is 0 Å². The Labute approximate surface area is 115 Å². The van der Waals surface area contributed by atoms with Crippen LogP contribution < -0.4 is 5.73 Å². The Bertz CT molecular complexity index is 525. The molecule has 1 aromatic carbocycles. The van der Waals surface area contributed by atoms with Crippen LogP contribution in [-0.2, 0) is 16.4 Å². The molecule has 5 heteroatoms. The quantitative estimate of drug-likeness (QED) is 0.912. The molecule has 19 heavy (non-hydrogen) atoms. The summed E-state index contributed by atoms with van der Waals surface area (Å²) < 4.78 is 26.7. The Hall–Kier alpha value is -0.910. The van der Waals surface area contributed by atoms with Gasteiger partial charge in [-0.1, -0.05) is 19.1 Å². The van der Waals surface area contributed by atoms with Gasteiger partial charge in [0.1, 0.15) is 0 Å². The molecule has 2 rings (SSSR count). The second-order valence-electron chi connectivity index (χ2n) is 5.45. The molecule has 106 valence electrons. The zero-order chi connectivity index (χ0) is 14.0. The lowest BCUT2D eigenvalue weighted by Gasteiger charge is -2.21. The van der Waals surface area contributed by atoms with Crippen LogP contribution in [0.5, 0.6) is 0 Å². The third kappa shape index (κ3) is 2.99. The maximum absolute atomic E-state index is 12.6. The van der Waals surface area contributed by atoms with E-state index in [-0.39, 0.29) is 6.04 Å². The van der Waals surface area contributed by atoms with Gasteiger partial charge in [-0.05, 0) is 49.9 Å². The second kappa shape index (κ2) is 5.61. The molecule has 1 aliphatic heterocycles. The highest BCUT2D eigenvalue weighted by Crippen LogP contribution is 2.29. The van der Waals surface area contributed by atoms with Crippen LogP contribution in [0.2, 0.25) is 0 Å². The maximum Gasteiger partial charge on any atom is 0.243 e. The predicted molar refractivity (Wildman–Crippen MR) is 76.3 cm³/mol. The Balaban J connectivity index is 2.24. The standard InChI is InChI=1S/C14H22N2O2S/c1-11-9-12(2)16(10-11)19(17,18)14-5-3-13(4-6-14)7-8-15/h3-6,11-12H,7-10,15H2,1-2H3. The second-order valence-corrected chi connectivity index (χ2v) is 7.34. The van der Waals surface area contributed by atoms with Crippen molar-refractivity contribution in [2.24, 2.45) is 11.7 Å². The molecule has 2 unspecified atom stereocenters. The van der Waals surface area contributed by atoms with E-state index in [4.69, 9.17) is 5.73 Å². The SMILES string of the molecule is CC1CC(C)N(S(=O)(=O)c2ccc(CCN)cc2)C1. The van der Waals surface area contributed by atoms with Gasteiger partial charge in [0.2, 0.25) is 10.0 Å². The van der Waals surface area contributed by atoms with Crippen LogP contribution >= 0.6 is 0 Å². The molecular weight excluding hydrogens is 260 g/mol. The van der Waals surface area contributed by atoms with Crippen LogP contribution in [0, 0.1) is 5.92 Å². The van der Waals surface area contributed by atoms with E-state index in [1.165, 1.54) is 0 Å². The van der Waals surface area contributed by atoms with Gasteiger partial charge >= 0.3 is 0 Å². The minimum atomic E-state index is -3.35. The van der Waals surface area contributed by atoms with Gasteiger partial charge in [0, 0.05) is 12.6 Å². The molecule has 0 amide bonds. The van der Waals surface area contributed by atoms with E-state index in [0.717, 1.165) is 18.4 Å². The van der Waals surface area contributed by atoms with Gasteiger partial charge in [0.05, 0.1) is 4.90 Å². The molecular formula is C14H22N2O2S. The Morgan fingerprint density at radius 2 is 1.89 bits per heavy atom. The summed E-state index contributed by atoms with van der Waals surface area (Å²) in [7, 11) is -3.35. The first-order valence-electron chi connectivity index (χ1n) is 6.76. The molecule has 2 atom stereocenters. The molecule has 0 aliphatic carbocycles. The monoisotopic (exact) mass is 282 g/mol. The van der Waals surface area contributed by atoms with E-state index in [9.17, 15) is 8.42 Å². The molecule has 0 spiro atoms. The highest BCUT2D eigenvalue weighted by atomic mass is 32.2. The van der Waals surface area contributed by atoms with E-state index in [1.54, 1.807) is 16.4 Å². The topological polar surface area (TPSA) is 63.4 Å². The molecule has 0 radical (unpaired) electrons. The Morgan fingerprint density at radius 1 is 1.26 bits per heavy atom. The largest absolute Gasteiger partial charge is 0.330 e. The number of nitrogens with two attached hydrogens (primary N) is 1. The van der Waals surface area contributed by atoms with E-state index in [0.29, 0.717) is 23.9 Å². The first kappa shape index (κ1) is 14.5. The summed E-state index contributed by atoms with van der Waals surface area (Å²) in [5.41, 5.74) is 6.56. The summed E-state index contributed by atoms with van der Waals surface area (Å²) in [5.74, 6) is 0.432. The van der Waals surface area contributed by atoms with Crippen molar-refractivity contribution in [1.82, 2.24) is 4.31 Å². The highest BCUT2D eigenvalue weighted by Gasteiger charge is 2.35. The summed E-state index contributed by atoms with van der Waals surface area (Å²) >= 11 is 0. The van der Waals surface area contributed by atoms with Crippen molar-refractivity contribution in [3.05, 3.63) is 29.8 Å². The maximum atomic E-state index is 12.6. The van der Waals surface area contributed by atoms with Gasteiger partial charge in [-0.15, -0.1) is 0 Å². The average molecular weight is 282 g/mol. The van der Waals surface area contributed by atoms with Gasteiger partial charge in [0.25, 0.3) is 0 Å². The highest BCUT2D eigenvalue weighted by molar-refractivity contribution is 7.89. The lowest BCUT2D eigenvalue weighted by atomic mass is 10.1. The van der Waals surface area contributed by atoms with Crippen molar-refractivity contribution in [2.45, 2.75) is 37.6 Å². The van der Waals surface area contributed by atoms with Crippen molar-refractivity contribution in [3.8, 4) is 0 Å². The van der Waals surface area contributed by atoms with Crippen molar-refractivity contribution in [1.29, 1.82) is 0 Å². The van der Waals surface area contributed by atoms with E-state index >= 15 is 0 Å². The van der Waals surface area contributed by atoms with Crippen LogP contribution in [0.25, 0.3) is 0 Å². The average Bonchev–Trinajstić information content (AvgIpc) is 2.70. The van der Waals surface area contributed by atoms with Crippen molar-refractivity contribution >= 4 is 10.0 Å². The van der Waals surface area contributed by atoms with Gasteiger partial charge in [-0.2, -0.15) is 4.31 Å².